The molecule has 0 rings (SSSR count). The van der Waals surface area contributed by atoms with Gasteiger partial charge in [0, 0.05) is 0 Å². The summed E-state index contributed by atoms with van der Waals surface area (Å²) in [5, 5.41) is 9.91. The second kappa shape index (κ2) is 8.50. The summed E-state index contributed by atoms with van der Waals surface area (Å²) in [6, 6.07) is 0. The van der Waals surface area contributed by atoms with E-state index in [0.29, 0.717) is 6.42 Å². The van der Waals surface area contributed by atoms with Gasteiger partial charge in [-0.2, -0.15) is 0 Å². The Hall–Kier alpha value is -0.500. The fraction of sp³-hybridized carbons (Fsp3) is 0.750. The number of unbranched alkanes of at least 4 members (excludes halogenated alkanes) is 1. The minimum absolute atomic E-state index is 0.0480. The average molecular weight is 143 g/mol. The first-order chi connectivity index (χ1) is 4.91. The molecule has 0 saturated carbocycles. The molecule has 0 saturated heterocycles. The van der Waals surface area contributed by atoms with E-state index in [-0.39, 0.29) is 6.61 Å². The van der Waals surface area contributed by atoms with Crippen LogP contribution in [0.2, 0.25) is 0 Å². The van der Waals surface area contributed by atoms with Crippen LogP contribution in [0.1, 0.15) is 26.2 Å². The molecule has 0 amide bonds. The molecule has 0 spiro atoms. The van der Waals surface area contributed by atoms with E-state index in [1.165, 1.54) is 0 Å². The topological polar surface area (TPSA) is 29.1 Å². The normalized spacial score (nSPS) is 10.6. The third-order valence-electron chi connectivity index (χ3n) is 1.09. The van der Waals surface area contributed by atoms with Gasteiger partial charge < -0.3 is 4.74 Å². The Balaban J connectivity index is 2.88. The second-order valence-corrected chi connectivity index (χ2v) is 2.09. The van der Waals surface area contributed by atoms with Crippen molar-refractivity contribution in [1.29, 1.82) is 0 Å². The zero-order valence-corrected chi connectivity index (χ0v) is 6.51. The molecule has 0 heterocycles. The summed E-state index contributed by atoms with van der Waals surface area (Å²) < 4.78 is 5.06. The van der Waals surface area contributed by atoms with Gasteiger partial charge in [0.1, 0.15) is 0 Å². The second-order valence-electron chi connectivity index (χ2n) is 2.09. The Morgan fingerprint density at radius 3 is 2.90 bits per heavy atom. The maximum absolute atomic E-state index is 9.91. The van der Waals surface area contributed by atoms with Gasteiger partial charge in [0.05, 0.1) is 19.5 Å². The molecule has 0 aliphatic carbocycles. The van der Waals surface area contributed by atoms with E-state index in [1.807, 2.05) is 0 Å². The fourth-order valence-corrected chi connectivity index (χ4v) is 0.500. The van der Waals surface area contributed by atoms with Crippen molar-refractivity contribution in [2.45, 2.75) is 26.2 Å². The molecule has 2 nitrogen and oxygen atoms in total. The summed E-state index contributed by atoms with van der Waals surface area (Å²) in [6.07, 6.45) is 6.19. The molecule has 0 aliphatic heterocycles. The molecule has 0 aromatic heterocycles. The molecule has 0 fully saturated rings. The summed E-state index contributed by atoms with van der Waals surface area (Å²) in [5.41, 5.74) is 0. The van der Waals surface area contributed by atoms with Crippen LogP contribution in [0.5, 0.6) is 0 Å². The molecule has 0 bridgehead atoms. The van der Waals surface area contributed by atoms with E-state index < -0.39 is 0 Å². The maximum atomic E-state index is 9.91. The van der Waals surface area contributed by atoms with Crippen LogP contribution in [0.4, 0.5) is 0 Å². The summed E-state index contributed by atoms with van der Waals surface area (Å²) >= 11 is 0. The van der Waals surface area contributed by atoms with E-state index in [9.17, 15) is 5.11 Å². The zero-order valence-electron chi connectivity index (χ0n) is 6.51. The van der Waals surface area contributed by atoms with E-state index in [0.717, 1.165) is 19.4 Å². The number of hydrogen-bond donors (Lipinski definition) is 0. The highest BCUT2D eigenvalue weighted by molar-refractivity contribution is 4.72. The number of ether oxygens (including phenoxy) is 1. The van der Waals surface area contributed by atoms with Crippen LogP contribution in [0.25, 0.3) is 0 Å². The van der Waals surface area contributed by atoms with Gasteiger partial charge in [0.2, 0.25) is 0 Å². The summed E-state index contributed by atoms with van der Waals surface area (Å²) in [4.78, 5) is 0. The summed E-state index contributed by atoms with van der Waals surface area (Å²) in [7, 11) is 0. The van der Waals surface area contributed by atoms with E-state index in [2.05, 4.69) is 6.92 Å². The van der Waals surface area contributed by atoms with Gasteiger partial charge in [-0.1, -0.05) is 13.3 Å². The minimum Gasteiger partial charge on any atom is -0.502 e. The number of hydrogen-bond acceptors (Lipinski definition) is 1. The van der Waals surface area contributed by atoms with Crippen molar-refractivity contribution in [2.24, 2.45) is 0 Å². The molecule has 59 valence electrons. The maximum Gasteiger partial charge on any atom is 0.0873 e. The Morgan fingerprint density at radius 1 is 1.50 bits per heavy atom. The van der Waals surface area contributed by atoms with Gasteiger partial charge in [-0.3, -0.25) is 0 Å². The number of rotatable bonds is 6. The van der Waals surface area contributed by atoms with Crippen LogP contribution in [0, 0.1) is 0 Å². The first-order valence-electron chi connectivity index (χ1n) is 3.76. The van der Waals surface area contributed by atoms with Crippen molar-refractivity contribution in [3.05, 3.63) is 12.3 Å². The highest BCUT2D eigenvalue weighted by Gasteiger charge is 1.79. The molecule has 0 aromatic rings. The predicted molar refractivity (Wildman–Crippen MR) is 40.2 cm³/mol. The van der Waals surface area contributed by atoms with Crippen molar-refractivity contribution in [2.75, 3.05) is 13.2 Å². The van der Waals surface area contributed by atoms with Gasteiger partial charge in [0.15, 0.2) is 0 Å². The fourth-order valence-electron chi connectivity index (χ4n) is 0.500. The largest absolute Gasteiger partial charge is 0.502 e. The van der Waals surface area contributed by atoms with Gasteiger partial charge in [-0.05, 0) is 18.9 Å². The van der Waals surface area contributed by atoms with Crippen molar-refractivity contribution >= 4 is 0 Å². The molecule has 0 aromatic carbocycles. The van der Waals surface area contributed by atoms with Gasteiger partial charge >= 0.3 is 0 Å². The Labute approximate surface area is 62.5 Å². The quantitative estimate of drug-likeness (QED) is 0.413. The van der Waals surface area contributed by atoms with Crippen LogP contribution in [0.3, 0.4) is 0 Å². The highest BCUT2D eigenvalue weighted by atomic mass is 16.5. The van der Waals surface area contributed by atoms with Crippen molar-refractivity contribution in [3.8, 4) is 0 Å². The van der Waals surface area contributed by atoms with Crippen LogP contribution in [-0.2, 0) is 9.84 Å². The molecule has 0 unspecified atom stereocenters. The SMILES string of the molecule is CCCCOC=CCC[O]. The van der Waals surface area contributed by atoms with E-state index >= 15 is 0 Å². The van der Waals surface area contributed by atoms with Gasteiger partial charge in [-0.25, -0.2) is 5.11 Å². The van der Waals surface area contributed by atoms with Crippen LogP contribution in [-0.4, -0.2) is 13.2 Å². The predicted octanol–water partition coefficient (Wildman–Crippen LogP) is 2.14. The van der Waals surface area contributed by atoms with E-state index in [1.54, 1.807) is 12.3 Å². The Kier molecular flexibility index (Phi) is 8.07. The van der Waals surface area contributed by atoms with Crippen LogP contribution >= 0.6 is 0 Å². The molecule has 0 N–H and O–H groups in total. The third-order valence-corrected chi connectivity index (χ3v) is 1.09. The standard InChI is InChI=1S/C8H15O2/c1-2-3-7-10-8-5-4-6-9/h5,8H,2-4,6-7H2,1H3. The first kappa shape index (κ1) is 9.50. The molecule has 0 atom stereocenters. The lowest BCUT2D eigenvalue weighted by atomic mass is 10.4. The first-order valence-corrected chi connectivity index (χ1v) is 3.76. The molecular weight excluding hydrogens is 128 g/mol. The Bertz CT molecular complexity index is 79.3. The van der Waals surface area contributed by atoms with Crippen molar-refractivity contribution in [1.82, 2.24) is 0 Å². The highest BCUT2D eigenvalue weighted by Crippen LogP contribution is 1.89. The third kappa shape index (κ3) is 7.50. The Morgan fingerprint density at radius 2 is 2.30 bits per heavy atom. The van der Waals surface area contributed by atoms with E-state index in [4.69, 9.17) is 4.74 Å². The van der Waals surface area contributed by atoms with Gasteiger partial charge in [-0.15, -0.1) is 0 Å². The van der Waals surface area contributed by atoms with Crippen LogP contribution < -0.4 is 0 Å². The summed E-state index contributed by atoms with van der Waals surface area (Å²) in [6.45, 7) is 2.84. The molecule has 10 heavy (non-hydrogen) atoms. The van der Waals surface area contributed by atoms with Crippen molar-refractivity contribution in [3.63, 3.8) is 0 Å². The molecule has 0 aliphatic rings. The zero-order chi connectivity index (χ0) is 7.66. The lowest BCUT2D eigenvalue weighted by molar-refractivity contribution is 0.196. The smallest absolute Gasteiger partial charge is 0.0873 e. The molecular formula is C8H15O2. The van der Waals surface area contributed by atoms with Crippen LogP contribution in [0.15, 0.2) is 12.3 Å². The molecule has 1 radical (unpaired) electrons. The lowest BCUT2D eigenvalue weighted by Gasteiger charge is -1.95. The molecule has 2 heteroatoms. The summed E-state index contributed by atoms with van der Waals surface area (Å²) in [5.74, 6) is 0. The lowest BCUT2D eigenvalue weighted by Crippen LogP contribution is -1.85. The van der Waals surface area contributed by atoms with Gasteiger partial charge in [0.25, 0.3) is 0 Å². The monoisotopic (exact) mass is 143 g/mol. The average Bonchev–Trinajstić information content (AvgIpc) is 1.97. The van der Waals surface area contributed by atoms with Crippen molar-refractivity contribution < 1.29 is 9.84 Å². The minimum atomic E-state index is -0.0480.